The molecular formula is C17H18N2O. The van der Waals surface area contributed by atoms with Crippen LogP contribution in [-0.4, -0.2) is 12.1 Å². The van der Waals surface area contributed by atoms with E-state index in [1.165, 1.54) is 11.1 Å². The van der Waals surface area contributed by atoms with Gasteiger partial charge >= 0.3 is 6.03 Å². The fraction of sp³-hybridized carbons (Fsp3) is 0.235. The third kappa shape index (κ3) is 2.27. The van der Waals surface area contributed by atoms with Crippen LogP contribution in [0.5, 0.6) is 0 Å². The van der Waals surface area contributed by atoms with Crippen molar-refractivity contribution in [1.82, 2.24) is 0 Å². The van der Waals surface area contributed by atoms with Gasteiger partial charge in [-0.3, -0.25) is 4.90 Å². The van der Waals surface area contributed by atoms with E-state index in [-0.39, 0.29) is 12.1 Å². The van der Waals surface area contributed by atoms with E-state index in [1.807, 2.05) is 54.3 Å². The van der Waals surface area contributed by atoms with Gasteiger partial charge in [0.05, 0.1) is 0 Å². The standard InChI is InChI=1S/C17H18N2O/c1-12-7-9-15(10-8-12)18-17(20)19-13(2)11-14-5-3-4-6-16(14)19/h3-10,13H,11H2,1-2H3,(H,18,20). The van der Waals surface area contributed by atoms with E-state index >= 15 is 0 Å². The highest BCUT2D eigenvalue weighted by molar-refractivity contribution is 6.03. The molecule has 0 aliphatic carbocycles. The smallest absolute Gasteiger partial charge is 0.308 e. The van der Waals surface area contributed by atoms with Crippen LogP contribution in [0.2, 0.25) is 0 Å². The van der Waals surface area contributed by atoms with Crippen LogP contribution in [-0.2, 0) is 6.42 Å². The molecule has 1 unspecified atom stereocenters. The second-order valence-electron chi connectivity index (χ2n) is 5.35. The van der Waals surface area contributed by atoms with Gasteiger partial charge in [0.2, 0.25) is 0 Å². The summed E-state index contributed by atoms with van der Waals surface area (Å²) in [4.78, 5) is 14.3. The van der Waals surface area contributed by atoms with Crippen LogP contribution >= 0.6 is 0 Å². The van der Waals surface area contributed by atoms with Gasteiger partial charge in [-0.05, 0) is 44.0 Å². The molecule has 1 aliphatic rings. The number of carbonyl (C=O) groups excluding carboxylic acids is 1. The molecule has 0 fully saturated rings. The van der Waals surface area contributed by atoms with Crippen molar-refractivity contribution < 1.29 is 4.79 Å². The molecule has 3 heteroatoms. The lowest BCUT2D eigenvalue weighted by molar-refractivity contribution is 0.256. The van der Waals surface area contributed by atoms with Crippen molar-refractivity contribution in [3.63, 3.8) is 0 Å². The summed E-state index contributed by atoms with van der Waals surface area (Å²) in [5.74, 6) is 0. The van der Waals surface area contributed by atoms with Crippen molar-refractivity contribution in [2.75, 3.05) is 10.2 Å². The van der Waals surface area contributed by atoms with Crippen LogP contribution in [0.1, 0.15) is 18.1 Å². The number of para-hydroxylation sites is 1. The summed E-state index contributed by atoms with van der Waals surface area (Å²) >= 11 is 0. The van der Waals surface area contributed by atoms with E-state index in [2.05, 4.69) is 18.3 Å². The molecule has 3 rings (SSSR count). The fourth-order valence-corrected chi connectivity index (χ4v) is 2.70. The van der Waals surface area contributed by atoms with Gasteiger partial charge in [-0.1, -0.05) is 35.9 Å². The normalized spacial score (nSPS) is 16.9. The molecule has 1 atom stereocenters. The summed E-state index contributed by atoms with van der Waals surface area (Å²) in [6.45, 7) is 4.11. The number of fused-ring (bicyclic) bond motifs is 1. The molecule has 0 saturated carbocycles. The van der Waals surface area contributed by atoms with Crippen LogP contribution in [0.15, 0.2) is 48.5 Å². The number of urea groups is 1. The highest BCUT2D eigenvalue weighted by Gasteiger charge is 2.30. The minimum atomic E-state index is -0.0636. The van der Waals surface area contributed by atoms with Crippen LogP contribution < -0.4 is 10.2 Å². The predicted molar refractivity (Wildman–Crippen MR) is 82.3 cm³/mol. The van der Waals surface area contributed by atoms with Crippen LogP contribution in [0.4, 0.5) is 16.2 Å². The molecule has 1 heterocycles. The quantitative estimate of drug-likeness (QED) is 0.832. The zero-order chi connectivity index (χ0) is 14.1. The highest BCUT2D eigenvalue weighted by Crippen LogP contribution is 2.32. The first-order valence-corrected chi connectivity index (χ1v) is 6.90. The van der Waals surface area contributed by atoms with Gasteiger partial charge in [0.15, 0.2) is 0 Å². The van der Waals surface area contributed by atoms with E-state index in [4.69, 9.17) is 0 Å². The zero-order valence-electron chi connectivity index (χ0n) is 11.8. The Morgan fingerprint density at radius 3 is 2.60 bits per heavy atom. The second-order valence-corrected chi connectivity index (χ2v) is 5.35. The van der Waals surface area contributed by atoms with Gasteiger partial charge in [0, 0.05) is 17.4 Å². The van der Waals surface area contributed by atoms with Crippen LogP contribution in [0.25, 0.3) is 0 Å². The van der Waals surface area contributed by atoms with E-state index in [1.54, 1.807) is 0 Å². The molecule has 0 spiro atoms. The summed E-state index contributed by atoms with van der Waals surface area (Å²) in [6, 6.07) is 16.1. The molecule has 102 valence electrons. The molecule has 2 aromatic carbocycles. The Labute approximate surface area is 119 Å². The second kappa shape index (κ2) is 5.00. The number of benzene rings is 2. The first kappa shape index (κ1) is 12.7. The Kier molecular flexibility index (Phi) is 3.18. The summed E-state index contributed by atoms with van der Waals surface area (Å²) in [7, 11) is 0. The predicted octanol–water partition coefficient (Wildman–Crippen LogP) is 3.98. The van der Waals surface area contributed by atoms with Gasteiger partial charge < -0.3 is 5.32 Å². The highest BCUT2D eigenvalue weighted by atomic mass is 16.2. The van der Waals surface area contributed by atoms with Gasteiger partial charge in [0.1, 0.15) is 0 Å². The number of carbonyl (C=O) groups is 1. The van der Waals surface area contributed by atoms with E-state index in [0.717, 1.165) is 17.8 Å². The number of aryl methyl sites for hydroxylation is 1. The Balaban J connectivity index is 1.82. The fourth-order valence-electron chi connectivity index (χ4n) is 2.70. The number of nitrogens with one attached hydrogen (secondary N) is 1. The van der Waals surface area contributed by atoms with Gasteiger partial charge in [-0.15, -0.1) is 0 Å². The van der Waals surface area contributed by atoms with Crippen molar-refractivity contribution in [3.05, 3.63) is 59.7 Å². The average Bonchev–Trinajstić information content (AvgIpc) is 2.77. The minimum Gasteiger partial charge on any atom is -0.308 e. The van der Waals surface area contributed by atoms with Gasteiger partial charge in [-0.25, -0.2) is 4.79 Å². The van der Waals surface area contributed by atoms with Crippen molar-refractivity contribution in [2.45, 2.75) is 26.3 Å². The van der Waals surface area contributed by atoms with Crippen molar-refractivity contribution >= 4 is 17.4 Å². The zero-order valence-corrected chi connectivity index (χ0v) is 11.8. The van der Waals surface area contributed by atoms with Crippen LogP contribution in [0.3, 0.4) is 0 Å². The average molecular weight is 266 g/mol. The Hall–Kier alpha value is -2.29. The first-order chi connectivity index (χ1) is 9.65. The third-order valence-corrected chi connectivity index (χ3v) is 3.73. The van der Waals surface area contributed by atoms with Crippen LogP contribution in [0, 0.1) is 6.92 Å². The van der Waals surface area contributed by atoms with Gasteiger partial charge in [0.25, 0.3) is 0 Å². The number of rotatable bonds is 1. The number of nitrogens with zero attached hydrogens (tertiary/aromatic N) is 1. The summed E-state index contributed by atoms with van der Waals surface area (Å²) in [6.07, 6.45) is 0.914. The Morgan fingerprint density at radius 1 is 1.15 bits per heavy atom. The molecule has 20 heavy (non-hydrogen) atoms. The molecule has 0 bridgehead atoms. The molecule has 1 aliphatic heterocycles. The monoisotopic (exact) mass is 266 g/mol. The summed E-state index contributed by atoms with van der Waals surface area (Å²) in [5, 5.41) is 2.97. The lowest BCUT2D eigenvalue weighted by Gasteiger charge is -2.23. The number of anilines is 2. The number of amides is 2. The molecule has 1 N–H and O–H groups in total. The maximum atomic E-state index is 12.5. The number of hydrogen-bond acceptors (Lipinski definition) is 1. The summed E-state index contributed by atoms with van der Waals surface area (Å²) in [5.41, 5.74) is 4.27. The molecule has 2 aromatic rings. The molecule has 0 radical (unpaired) electrons. The lowest BCUT2D eigenvalue weighted by atomic mass is 10.1. The Morgan fingerprint density at radius 2 is 1.85 bits per heavy atom. The van der Waals surface area contributed by atoms with Crippen molar-refractivity contribution in [2.24, 2.45) is 0 Å². The molecule has 0 aromatic heterocycles. The topological polar surface area (TPSA) is 32.3 Å². The van der Waals surface area contributed by atoms with E-state index in [9.17, 15) is 4.79 Å². The first-order valence-electron chi connectivity index (χ1n) is 6.90. The number of hydrogen-bond donors (Lipinski definition) is 1. The maximum Gasteiger partial charge on any atom is 0.326 e. The minimum absolute atomic E-state index is 0.0636. The molecule has 0 saturated heterocycles. The van der Waals surface area contributed by atoms with Crippen molar-refractivity contribution in [3.8, 4) is 0 Å². The third-order valence-electron chi connectivity index (χ3n) is 3.73. The lowest BCUT2D eigenvalue weighted by Crippen LogP contribution is -2.39. The largest absolute Gasteiger partial charge is 0.326 e. The molecule has 3 nitrogen and oxygen atoms in total. The molecule has 2 amide bonds. The molecular weight excluding hydrogens is 248 g/mol. The maximum absolute atomic E-state index is 12.5. The van der Waals surface area contributed by atoms with Gasteiger partial charge in [-0.2, -0.15) is 0 Å². The Bertz CT molecular complexity index is 634. The summed E-state index contributed by atoms with van der Waals surface area (Å²) < 4.78 is 0. The SMILES string of the molecule is Cc1ccc(NC(=O)N2c3ccccc3CC2C)cc1. The van der Waals surface area contributed by atoms with E-state index < -0.39 is 0 Å². The van der Waals surface area contributed by atoms with Crippen molar-refractivity contribution in [1.29, 1.82) is 0 Å². The van der Waals surface area contributed by atoms with E-state index in [0.29, 0.717) is 0 Å².